The lowest BCUT2D eigenvalue weighted by Gasteiger charge is -2.34. The van der Waals surface area contributed by atoms with E-state index in [-0.39, 0.29) is 5.82 Å². The topological polar surface area (TPSA) is 84.5 Å². The molecule has 1 saturated heterocycles. The van der Waals surface area contributed by atoms with Gasteiger partial charge in [0.15, 0.2) is 6.23 Å². The average Bonchev–Trinajstić information content (AvgIpc) is 2.62. The molecule has 0 saturated carbocycles. The summed E-state index contributed by atoms with van der Waals surface area (Å²) in [4.78, 5) is 35.4. The number of amides is 3. The van der Waals surface area contributed by atoms with Gasteiger partial charge in [-0.1, -0.05) is 42.5 Å². The zero-order valence-corrected chi connectivity index (χ0v) is 14.1. The van der Waals surface area contributed by atoms with Gasteiger partial charge in [0.05, 0.1) is 0 Å². The Bertz CT molecular complexity index is 968. The van der Waals surface area contributed by atoms with Crippen molar-refractivity contribution in [3.8, 4) is 11.1 Å². The molecule has 136 valence electrons. The van der Waals surface area contributed by atoms with E-state index in [1.165, 1.54) is 12.1 Å². The van der Waals surface area contributed by atoms with Crippen molar-refractivity contribution in [1.29, 1.82) is 0 Å². The largest absolute Gasteiger partial charge is 0.437 e. The highest BCUT2D eigenvalue weighted by Crippen LogP contribution is 2.29. The molecule has 0 aromatic heterocycles. The Morgan fingerprint density at radius 2 is 1.74 bits per heavy atom. The summed E-state index contributed by atoms with van der Waals surface area (Å²) in [6, 6.07) is 13.0. The van der Waals surface area contributed by atoms with Gasteiger partial charge < -0.3 is 10.1 Å². The maximum absolute atomic E-state index is 13.9. The van der Waals surface area contributed by atoms with Crippen LogP contribution in [0.3, 0.4) is 0 Å². The van der Waals surface area contributed by atoms with Crippen LogP contribution in [0.5, 0.6) is 0 Å². The zero-order valence-electron chi connectivity index (χ0n) is 14.1. The normalized spacial score (nSPS) is 21.5. The third kappa shape index (κ3) is 3.31. The van der Waals surface area contributed by atoms with E-state index < -0.39 is 30.1 Å². The minimum Gasteiger partial charge on any atom is -0.437 e. The molecule has 0 aliphatic carbocycles. The van der Waals surface area contributed by atoms with Gasteiger partial charge in [0.25, 0.3) is 0 Å². The zero-order chi connectivity index (χ0) is 19.0. The van der Waals surface area contributed by atoms with Crippen molar-refractivity contribution in [2.75, 3.05) is 0 Å². The van der Waals surface area contributed by atoms with E-state index in [9.17, 15) is 18.8 Å². The lowest BCUT2D eigenvalue weighted by molar-refractivity contribution is -0.152. The molecule has 27 heavy (non-hydrogen) atoms. The molecule has 0 spiro atoms. The molecule has 2 atom stereocenters. The van der Waals surface area contributed by atoms with Crippen molar-refractivity contribution >= 4 is 17.9 Å². The summed E-state index contributed by atoms with van der Waals surface area (Å²) in [5, 5.41) is 4.62. The van der Waals surface area contributed by atoms with Crippen LogP contribution < -0.4 is 10.6 Å². The molecule has 2 aliphatic heterocycles. The van der Waals surface area contributed by atoms with Crippen LogP contribution in [-0.2, 0) is 20.7 Å². The van der Waals surface area contributed by atoms with Crippen LogP contribution in [0.1, 0.15) is 5.56 Å². The summed E-state index contributed by atoms with van der Waals surface area (Å²) in [5.74, 6) is -2.19. The summed E-state index contributed by atoms with van der Waals surface area (Å²) in [6.45, 7) is 0. The molecular formula is C20H15FN2O4. The summed E-state index contributed by atoms with van der Waals surface area (Å²) in [7, 11) is 0. The fourth-order valence-electron chi connectivity index (χ4n) is 3.33. The summed E-state index contributed by atoms with van der Waals surface area (Å²) in [6.07, 6.45) is 0.608. The number of carbonyl (C=O) groups is 3. The number of imide groups is 1. The number of carbonyl (C=O) groups excluding carboxylic acids is 3. The van der Waals surface area contributed by atoms with E-state index in [1.54, 1.807) is 30.3 Å². The van der Waals surface area contributed by atoms with Crippen LogP contribution in [0.25, 0.3) is 11.1 Å². The Labute approximate surface area is 154 Å². The Morgan fingerprint density at radius 3 is 2.48 bits per heavy atom. The van der Waals surface area contributed by atoms with Crippen molar-refractivity contribution in [3.05, 3.63) is 71.6 Å². The van der Waals surface area contributed by atoms with Gasteiger partial charge in [-0.2, -0.15) is 0 Å². The number of hydrogen-bond acceptors (Lipinski definition) is 4. The molecule has 4 rings (SSSR count). The summed E-state index contributed by atoms with van der Waals surface area (Å²) < 4.78 is 19.0. The highest BCUT2D eigenvalue weighted by atomic mass is 19.1. The number of ether oxygens (including phenoxy) is 1. The maximum Gasteiger partial charge on any atom is 0.332 e. The fraction of sp³-hybridized carbons (Fsp3) is 0.150. The van der Waals surface area contributed by atoms with Gasteiger partial charge in [-0.25, -0.2) is 14.0 Å². The standard InChI is InChI=1S/C20H15FN2O4/c21-15-4-2-1-3-14(15)12-7-5-11(6-8-12)9-13-10-16(24)27-19-17(13)18(25)22-20(26)23-19/h1-8,10,17,19H,9H2,(H2,22,23,25,26). The van der Waals surface area contributed by atoms with Gasteiger partial charge in [0.1, 0.15) is 11.7 Å². The summed E-state index contributed by atoms with van der Waals surface area (Å²) >= 11 is 0. The van der Waals surface area contributed by atoms with Gasteiger partial charge in [-0.3, -0.25) is 10.1 Å². The minimum atomic E-state index is -1.00. The highest BCUT2D eigenvalue weighted by Gasteiger charge is 2.42. The predicted molar refractivity (Wildman–Crippen MR) is 93.7 cm³/mol. The number of halogens is 1. The van der Waals surface area contributed by atoms with Gasteiger partial charge in [-0.05, 0) is 29.2 Å². The van der Waals surface area contributed by atoms with Gasteiger partial charge in [-0.15, -0.1) is 0 Å². The second-order valence-electron chi connectivity index (χ2n) is 6.37. The van der Waals surface area contributed by atoms with Gasteiger partial charge in [0, 0.05) is 11.6 Å². The quantitative estimate of drug-likeness (QED) is 0.817. The van der Waals surface area contributed by atoms with E-state index in [0.717, 1.165) is 11.1 Å². The molecule has 7 heteroatoms. The van der Waals surface area contributed by atoms with Crippen molar-refractivity contribution in [2.45, 2.75) is 12.6 Å². The first kappa shape index (κ1) is 17.0. The fourth-order valence-corrected chi connectivity index (χ4v) is 3.33. The molecule has 2 unspecified atom stereocenters. The Morgan fingerprint density at radius 1 is 1.00 bits per heavy atom. The lowest BCUT2D eigenvalue weighted by atomic mass is 9.87. The van der Waals surface area contributed by atoms with Crippen LogP contribution in [0.2, 0.25) is 0 Å². The first-order valence-electron chi connectivity index (χ1n) is 8.37. The molecule has 3 amide bonds. The third-order valence-corrected chi connectivity index (χ3v) is 4.59. The van der Waals surface area contributed by atoms with E-state index in [4.69, 9.17) is 4.74 Å². The first-order chi connectivity index (χ1) is 13.0. The molecule has 2 aromatic carbocycles. The van der Waals surface area contributed by atoms with E-state index in [1.807, 2.05) is 12.1 Å². The van der Waals surface area contributed by atoms with Crippen LogP contribution in [0, 0.1) is 11.7 Å². The maximum atomic E-state index is 13.9. The van der Waals surface area contributed by atoms with Crippen molar-refractivity contribution in [1.82, 2.24) is 10.6 Å². The van der Waals surface area contributed by atoms with Crippen LogP contribution >= 0.6 is 0 Å². The summed E-state index contributed by atoms with van der Waals surface area (Å²) in [5.41, 5.74) is 2.63. The van der Waals surface area contributed by atoms with Crippen molar-refractivity contribution < 1.29 is 23.5 Å². The second kappa shape index (κ2) is 6.68. The number of urea groups is 1. The highest BCUT2D eigenvalue weighted by molar-refractivity contribution is 6.01. The van der Waals surface area contributed by atoms with E-state index >= 15 is 0 Å². The predicted octanol–water partition coefficient (Wildman–Crippen LogP) is 2.30. The number of rotatable bonds is 3. The van der Waals surface area contributed by atoms with Crippen LogP contribution in [0.4, 0.5) is 9.18 Å². The first-order valence-corrected chi connectivity index (χ1v) is 8.37. The molecule has 2 N–H and O–H groups in total. The number of fused-ring (bicyclic) bond motifs is 1. The molecule has 6 nitrogen and oxygen atoms in total. The van der Waals surface area contributed by atoms with E-state index in [0.29, 0.717) is 17.6 Å². The molecular weight excluding hydrogens is 351 g/mol. The smallest absolute Gasteiger partial charge is 0.332 e. The number of esters is 1. The molecule has 0 radical (unpaired) electrons. The molecule has 2 aliphatic rings. The molecule has 0 bridgehead atoms. The minimum absolute atomic E-state index is 0.305. The Balaban J connectivity index is 1.58. The van der Waals surface area contributed by atoms with Crippen LogP contribution in [0.15, 0.2) is 60.2 Å². The van der Waals surface area contributed by atoms with Crippen LogP contribution in [-0.4, -0.2) is 24.1 Å². The van der Waals surface area contributed by atoms with Gasteiger partial charge >= 0.3 is 12.0 Å². The SMILES string of the molecule is O=C1NC(=O)C2C(Cc3ccc(-c4ccccc4F)cc3)=CC(=O)OC2N1. The number of benzene rings is 2. The van der Waals surface area contributed by atoms with E-state index in [2.05, 4.69) is 10.6 Å². The second-order valence-corrected chi connectivity index (χ2v) is 6.37. The lowest BCUT2D eigenvalue weighted by Crippen LogP contribution is -2.61. The number of hydrogen-bond donors (Lipinski definition) is 2. The van der Waals surface area contributed by atoms with Gasteiger partial charge in [0.2, 0.25) is 5.91 Å². The third-order valence-electron chi connectivity index (χ3n) is 4.59. The Kier molecular flexibility index (Phi) is 4.19. The van der Waals surface area contributed by atoms with Crippen molar-refractivity contribution in [2.24, 2.45) is 5.92 Å². The Hall–Kier alpha value is -3.48. The monoisotopic (exact) mass is 366 g/mol. The average molecular weight is 366 g/mol. The molecule has 1 fully saturated rings. The molecule has 2 heterocycles. The number of nitrogens with one attached hydrogen (secondary N) is 2. The van der Waals surface area contributed by atoms with Crippen molar-refractivity contribution in [3.63, 3.8) is 0 Å². The molecule has 2 aromatic rings.